The molecule has 1 N–H and O–H groups in total. The predicted octanol–water partition coefficient (Wildman–Crippen LogP) is 5.37. The number of carbonyl (C=O) groups is 2. The molecule has 2 unspecified atom stereocenters. The standard InChI is InChI=1S/C34H45NO6/c1-32-14-12-24(39-18-17-35-30(36)25-5-3-4-6-26(25)31(35)37)21-23(32)7-9-28-27(32)13-15-33(2)22(11-16-34(28,33)38)8-10-29-40-19-20-41-29/h3-6,8,10,22-24,27-29,38H,7,9,11-21H2,1-2H3/b10-8+/t22-,23?,24?,27-,28+,32-,33+,34+/m0/s1. The van der Waals surface area contributed by atoms with Crippen LogP contribution in [0.4, 0.5) is 0 Å². The third-order valence-electron chi connectivity index (χ3n) is 12.6. The number of imide groups is 1. The highest BCUT2D eigenvalue weighted by atomic mass is 16.7. The third-order valence-corrected chi connectivity index (χ3v) is 12.6. The number of hydrogen-bond donors (Lipinski definition) is 1. The Hall–Kier alpha value is -2.06. The summed E-state index contributed by atoms with van der Waals surface area (Å²) in [5, 5.41) is 12.4. The average molecular weight is 564 g/mol. The number of fused-ring (bicyclic) bond motifs is 6. The summed E-state index contributed by atoms with van der Waals surface area (Å²) in [6.07, 6.45) is 13.8. The lowest BCUT2D eigenvalue weighted by Gasteiger charge is -2.63. The maximum absolute atomic E-state index is 12.7. The van der Waals surface area contributed by atoms with E-state index in [1.165, 1.54) is 11.3 Å². The number of aliphatic hydroxyl groups is 1. The minimum atomic E-state index is -0.615. The van der Waals surface area contributed by atoms with Gasteiger partial charge in [-0.3, -0.25) is 14.5 Å². The van der Waals surface area contributed by atoms with Crippen molar-refractivity contribution >= 4 is 11.8 Å². The van der Waals surface area contributed by atoms with Crippen LogP contribution >= 0.6 is 0 Å². The van der Waals surface area contributed by atoms with Gasteiger partial charge in [-0.05, 0) is 105 Å². The Morgan fingerprint density at radius 2 is 1.66 bits per heavy atom. The lowest BCUT2D eigenvalue weighted by molar-refractivity contribution is -0.209. The summed E-state index contributed by atoms with van der Waals surface area (Å²) in [4.78, 5) is 26.8. The van der Waals surface area contributed by atoms with Gasteiger partial charge in [0.05, 0.1) is 49.2 Å². The van der Waals surface area contributed by atoms with Gasteiger partial charge in [0.25, 0.3) is 11.8 Å². The zero-order valence-corrected chi connectivity index (χ0v) is 24.6. The minimum absolute atomic E-state index is 0.100. The molecule has 1 aromatic carbocycles. The molecule has 8 atom stereocenters. The van der Waals surface area contributed by atoms with E-state index in [-0.39, 0.29) is 35.0 Å². The number of nitrogens with zero attached hydrogens (tertiary/aromatic N) is 1. The van der Waals surface area contributed by atoms with E-state index in [1.54, 1.807) is 24.3 Å². The predicted molar refractivity (Wildman–Crippen MR) is 153 cm³/mol. The van der Waals surface area contributed by atoms with Gasteiger partial charge in [-0.1, -0.05) is 32.1 Å². The van der Waals surface area contributed by atoms with Gasteiger partial charge >= 0.3 is 0 Å². The number of benzene rings is 1. The van der Waals surface area contributed by atoms with Crippen LogP contribution in [0.1, 0.15) is 92.4 Å². The van der Waals surface area contributed by atoms with Gasteiger partial charge in [0, 0.05) is 5.41 Å². The van der Waals surface area contributed by atoms with Crippen LogP contribution < -0.4 is 0 Å². The number of amides is 2. The lowest BCUT2D eigenvalue weighted by Crippen LogP contribution is -2.62. The fraction of sp³-hybridized carbons (Fsp3) is 0.706. The van der Waals surface area contributed by atoms with Gasteiger partial charge in [0.2, 0.25) is 0 Å². The molecule has 1 saturated heterocycles. The Bertz CT molecular complexity index is 1190. The SMILES string of the molecule is C[C@]12CCC(OCCN3C(=O)c4ccccc4C3=O)CC1CC[C@@H]1[C@@H]2CC[C@]2(C)[C@@H](/C=C/C3OCCO3)CC[C@@]12O. The molecule has 2 aliphatic heterocycles. The first-order valence-corrected chi connectivity index (χ1v) is 16.0. The van der Waals surface area contributed by atoms with Crippen LogP contribution in [0.2, 0.25) is 0 Å². The van der Waals surface area contributed by atoms with Crippen molar-refractivity contribution in [2.45, 2.75) is 89.6 Å². The summed E-state index contributed by atoms with van der Waals surface area (Å²) < 4.78 is 17.6. The Kier molecular flexibility index (Phi) is 6.96. The van der Waals surface area contributed by atoms with Crippen molar-refractivity contribution in [3.05, 3.63) is 47.5 Å². The molecule has 6 aliphatic rings. The summed E-state index contributed by atoms with van der Waals surface area (Å²) in [7, 11) is 0. The minimum Gasteiger partial charge on any atom is -0.389 e. The van der Waals surface area contributed by atoms with Crippen molar-refractivity contribution in [2.75, 3.05) is 26.4 Å². The highest BCUT2D eigenvalue weighted by Gasteiger charge is 2.66. The van der Waals surface area contributed by atoms with Crippen molar-refractivity contribution in [3.8, 4) is 0 Å². The Morgan fingerprint density at radius 3 is 2.39 bits per heavy atom. The smallest absolute Gasteiger partial charge is 0.261 e. The molecule has 4 aliphatic carbocycles. The summed E-state index contributed by atoms with van der Waals surface area (Å²) in [6, 6.07) is 7.05. The van der Waals surface area contributed by atoms with Crippen LogP contribution in [0.25, 0.3) is 0 Å². The molecule has 0 radical (unpaired) electrons. The Labute approximate surface area is 243 Å². The van der Waals surface area contributed by atoms with Gasteiger partial charge in [0.15, 0.2) is 6.29 Å². The number of rotatable bonds is 6. The first kappa shape index (κ1) is 27.8. The normalized spacial score (nSPS) is 42.4. The summed E-state index contributed by atoms with van der Waals surface area (Å²) in [5.41, 5.74) is 0.498. The third kappa shape index (κ3) is 4.29. The Balaban J connectivity index is 0.973. The second-order valence-corrected chi connectivity index (χ2v) is 14.1. The highest BCUT2D eigenvalue weighted by molar-refractivity contribution is 6.21. The van der Waals surface area contributed by atoms with Crippen molar-refractivity contribution in [2.24, 2.45) is 34.5 Å². The molecule has 7 rings (SSSR count). The molecular formula is C34H45NO6. The number of allylic oxidation sites excluding steroid dienone is 1. The maximum Gasteiger partial charge on any atom is 0.261 e. The molecule has 0 spiro atoms. The van der Waals surface area contributed by atoms with Crippen LogP contribution in [0.15, 0.2) is 36.4 Å². The first-order chi connectivity index (χ1) is 19.7. The summed E-state index contributed by atoms with van der Waals surface area (Å²) >= 11 is 0. The van der Waals surface area contributed by atoms with Crippen LogP contribution in [0, 0.1) is 34.5 Å². The van der Waals surface area contributed by atoms with Gasteiger partial charge in [-0.25, -0.2) is 0 Å². The van der Waals surface area contributed by atoms with E-state index in [0.717, 1.165) is 51.4 Å². The topological polar surface area (TPSA) is 85.3 Å². The molecule has 0 aromatic heterocycles. The van der Waals surface area contributed by atoms with E-state index in [1.807, 2.05) is 0 Å². The van der Waals surface area contributed by atoms with Crippen LogP contribution in [0.3, 0.4) is 0 Å². The number of hydrogen-bond acceptors (Lipinski definition) is 6. The summed E-state index contributed by atoms with van der Waals surface area (Å²) in [6.45, 7) is 6.84. The molecule has 1 aromatic rings. The molecule has 2 amide bonds. The van der Waals surface area contributed by atoms with Gasteiger partial charge in [-0.15, -0.1) is 0 Å². The molecular weight excluding hydrogens is 518 g/mol. The van der Waals surface area contributed by atoms with E-state index in [2.05, 4.69) is 26.0 Å². The Morgan fingerprint density at radius 1 is 0.927 bits per heavy atom. The molecule has 7 nitrogen and oxygen atoms in total. The van der Waals surface area contributed by atoms with Crippen molar-refractivity contribution in [1.82, 2.24) is 4.90 Å². The van der Waals surface area contributed by atoms with Crippen molar-refractivity contribution < 1.29 is 28.9 Å². The van der Waals surface area contributed by atoms with Crippen LogP contribution in [-0.2, 0) is 14.2 Å². The van der Waals surface area contributed by atoms with Gasteiger partial charge < -0.3 is 19.3 Å². The van der Waals surface area contributed by atoms with E-state index in [4.69, 9.17) is 14.2 Å². The monoisotopic (exact) mass is 563 g/mol. The molecule has 2 heterocycles. The summed E-state index contributed by atoms with van der Waals surface area (Å²) in [5.74, 6) is 1.42. The quantitative estimate of drug-likeness (QED) is 0.370. The van der Waals surface area contributed by atoms with E-state index in [0.29, 0.717) is 61.2 Å². The van der Waals surface area contributed by atoms with Crippen LogP contribution in [0.5, 0.6) is 0 Å². The largest absolute Gasteiger partial charge is 0.389 e. The zero-order chi connectivity index (χ0) is 28.4. The molecule has 4 saturated carbocycles. The molecule has 222 valence electrons. The first-order valence-electron chi connectivity index (χ1n) is 16.0. The van der Waals surface area contributed by atoms with E-state index in [9.17, 15) is 14.7 Å². The molecule has 0 bridgehead atoms. The fourth-order valence-corrected chi connectivity index (χ4v) is 10.2. The van der Waals surface area contributed by atoms with E-state index >= 15 is 0 Å². The van der Waals surface area contributed by atoms with E-state index < -0.39 is 5.60 Å². The molecule has 41 heavy (non-hydrogen) atoms. The second-order valence-electron chi connectivity index (χ2n) is 14.1. The number of carbonyl (C=O) groups excluding carboxylic acids is 2. The maximum atomic E-state index is 12.7. The second kappa shape index (κ2) is 10.3. The number of ether oxygens (including phenoxy) is 3. The fourth-order valence-electron chi connectivity index (χ4n) is 10.2. The van der Waals surface area contributed by atoms with Gasteiger partial charge in [0.1, 0.15) is 0 Å². The zero-order valence-electron chi connectivity index (χ0n) is 24.6. The van der Waals surface area contributed by atoms with Crippen molar-refractivity contribution in [1.29, 1.82) is 0 Å². The average Bonchev–Trinajstić information content (AvgIpc) is 3.65. The lowest BCUT2D eigenvalue weighted by atomic mass is 9.43. The highest BCUT2D eigenvalue weighted by Crippen LogP contribution is 2.69. The van der Waals surface area contributed by atoms with Crippen molar-refractivity contribution in [3.63, 3.8) is 0 Å². The van der Waals surface area contributed by atoms with Crippen LogP contribution in [-0.4, -0.2) is 66.2 Å². The molecule has 7 heteroatoms. The van der Waals surface area contributed by atoms with Gasteiger partial charge in [-0.2, -0.15) is 0 Å². The molecule has 5 fully saturated rings.